The van der Waals surface area contributed by atoms with Crippen LogP contribution in [0.2, 0.25) is 0 Å². The van der Waals surface area contributed by atoms with E-state index >= 15 is 0 Å². The van der Waals surface area contributed by atoms with E-state index in [4.69, 9.17) is 0 Å². The van der Waals surface area contributed by atoms with E-state index in [0.717, 1.165) is 13.0 Å². The molecular formula is C13H17NOS. The maximum absolute atomic E-state index is 9.44. The average molecular weight is 235 g/mol. The lowest BCUT2D eigenvalue weighted by atomic mass is 10.2. The van der Waals surface area contributed by atoms with Crippen molar-refractivity contribution < 1.29 is 5.11 Å². The van der Waals surface area contributed by atoms with Crippen LogP contribution in [-0.4, -0.2) is 17.8 Å². The van der Waals surface area contributed by atoms with Crippen LogP contribution in [0.25, 0.3) is 10.1 Å². The molecule has 1 unspecified atom stereocenters. The molecule has 0 aliphatic rings. The summed E-state index contributed by atoms with van der Waals surface area (Å²) in [6, 6.07) is 8.43. The molecule has 2 nitrogen and oxygen atoms in total. The molecule has 1 aromatic heterocycles. The van der Waals surface area contributed by atoms with Crippen LogP contribution in [0.4, 0.5) is 0 Å². The molecule has 86 valence electrons. The van der Waals surface area contributed by atoms with Crippen molar-refractivity contribution >= 4 is 21.4 Å². The first kappa shape index (κ1) is 11.6. The van der Waals surface area contributed by atoms with Crippen molar-refractivity contribution in [2.24, 2.45) is 0 Å². The van der Waals surface area contributed by atoms with E-state index in [1.54, 1.807) is 11.3 Å². The second-order valence-electron chi connectivity index (χ2n) is 3.95. The highest BCUT2D eigenvalue weighted by molar-refractivity contribution is 7.17. The van der Waals surface area contributed by atoms with Crippen LogP contribution >= 0.6 is 11.3 Å². The number of thiophene rings is 1. The lowest BCUT2D eigenvalue weighted by Crippen LogP contribution is -2.25. The van der Waals surface area contributed by atoms with Crippen LogP contribution in [0.5, 0.6) is 0 Å². The summed E-state index contributed by atoms with van der Waals surface area (Å²) < 4.78 is 1.33. The molecule has 0 saturated carbocycles. The fourth-order valence-electron chi connectivity index (χ4n) is 1.69. The average Bonchev–Trinajstić information content (AvgIpc) is 2.73. The Hall–Kier alpha value is -0.900. The molecule has 0 bridgehead atoms. The largest absolute Gasteiger partial charge is 0.392 e. The minimum atomic E-state index is -0.232. The first-order chi connectivity index (χ1) is 7.81. The van der Waals surface area contributed by atoms with E-state index in [2.05, 4.69) is 35.0 Å². The van der Waals surface area contributed by atoms with Crippen molar-refractivity contribution in [3.63, 3.8) is 0 Å². The quantitative estimate of drug-likeness (QED) is 0.835. The number of rotatable bonds is 5. The predicted octanol–water partition coefficient (Wildman–Crippen LogP) is 2.76. The fourth-order valence-corrected chi connectivity index (χ4v) is 2.65. The summed E-state index contributed by atoms with van der Waals surface area (Å²) >= 11 is 1.78. The van der Waals surface area contributed by atoms with E-state index in [9.17, 15) is 5.11 Å². The smallest absolute Gasteiger partial charge is 0.0662 e. The molecule has 16 heavy (non-hydrogen) atoms. The zero-order valence-corrected chi connectivity index (χ0v) is 10.3. The molecular weight excluding hydrogens is 218 g/mol. The third-order valence-electron chi connectivity index (χ3n) is 2.73. The normalized spacial score (nSPS) is 13.1. The standard InChI is InChI=1S/C13H17NOS/c1-2-11(15)8-14-7-10-9-16-13-6-4-3-5-12(10)13/h3-6,9,11,14-15H,2,7-8H2,1H3. The second kappa shape index (κ2) is 5.43. The third kappa shape index (κ3) is 2.61. The van der Waals surface area contributed by atoms with Gasteiger partial charge in [0.25, 0.3) is 0 Å². The molecule has 3 heteroatoms. The van der Waals surface area contributed by atoms with E-state index in [-0.39, 0.29) is 6.10 Å². The lowest BCUT2D eigenvalue weighted by molar-refractivity contribution is 0.167. The number of aliphatic hydroxyl groups is 1. The Labute approximate surface area is 99.9 Å². The minimum Gasteiger partial charge on any atom is -0.392 e. The van der Waals surface area contributed by atoms with Gasteiger partial charge in [-0.1, -0.05) is 25.1 Å². The van der Waals surface area contributed by atoms with E-state index in [1.165, 1.54) is 15.6 Å². The van der Waals surface area contributed by atoms with Gasteiger partial charge in [-0.2, -0.15) is 0 Å². The number of aliphatic hydroxyl groups excluding tert-OH is 1. The van der Waals surface area contributed by atoms with Crippen LogP contribution < -0.4 is 5.32 Å². The number of hydrogen-bond donors (Lipinski definition) is 2. The summed E-state index contributed by atoms with van der Waals surface area (Å²) in [6.45, 7) is 3.49. The molecule has 0 aliphatic carbocycles. The molecule has 0 saturated heterocycles. The molecule has 2 rings (SSSR count). The van der Waals surface area contributed by atoms with Crippen molar-refractivity contribution in [1.29, 1.82) is 0 Å². The van der Waals surface area contributed by atoms with Crippen LogP contribution in [0.3, 0.4) is 0 Å². The highest BCUT2D eigenvalue weighted by atomic mass is 32.1. The van der Waals surface area contributed by atoms with Gasteiger partial charge in [0.1, 0.15) is 0 Å². The topological polar surface area (TPSA) is 32.3 Å². The molecule has 0 aliphatic heterocycles. The van der Waals surface area contributed by atoms with Crippen molar-refractivity contribution in [1.82, 2.24) is 5.32 Å². The number of nitrogens with one attached hydrogen (secondary N) is 1. The van der Waals surface area contributed by atoms with Gasteiger partial charge in [0.05, 0.1) is 6.10 Å². The Kier molecular flexibility index (Phi) is 3.93. The Morgan fingerprint density at radius 1 is 1.38 bits per heavy atom. The first-order valence-electron chi connectivity index (χ1n) is 5.65. The maximum atomic E-state index is 9.44. The van der Waals surface area contributed by atoms with Gasteiger partial charge in [-0.15, -0.1) is 11.3 Å². The van der Waals surface area contributed by atoms with Gasteiger partial charge in [-0.25, -0.2) is 0 Å². The van der Waals surface area contributed by atoms with Crippen LogP contribution in [0, 0.1) is 0 Å². The summed E-state index contributed by atoms with van der Waals surface area (Å²) in [5, 5.41) is 16.2. The molecule has 0 amide bonds. The van der Waals surface area contributed by atoms with Gasteiger partial charge < -0.3 is 10.4 Å². The zero-order chi connectivity index (χ0) is 11.4. The maximum Gasteiger partial charge on any atom is 0.0662 e. The SMILES string of the molecule is CCC(O)CNCc1csc2ccccc12. The molecule has 0 fully saturated rings. The Morgan fingerprint density at radius 3 is 3.00 bits per heavy atom. The third-order valence-corrected chi connectivity index (χ3v) is 3.74. The molecule has 1 atom stereocenters. The zero-order valence-electron chi connectivity index (χ0n) is 9.44. The number of benzene rings is 1. The Bertz CT molecular complexity index is 452. The van der Waals surface area contributed by atoms with Crippen molar-refractivity contribution in [3.8, 4) is 0 Å². The molecule has 0 spiro atoms. The Morgan fingerprint density at radius 2 is 2.19 bits per heavy atom. The summed E-state index contributed by atoms with van der Waals surface area (Å²) in [5.74, 6) is 0. The van der Waals surface area contributed by atoms with Crippen LogP contribution in [0.15, 0.2) is 29.6 Å². The first-order valence-corrected chi connectivity index (χ1v) is 6.53. The monoisotopic (exact) mass is 235 g/mol. The molecule has 1 aromatic carbocycles. The van der Waals surface area contributed by atoms with Gasteiger partial charge >= 0.3 is 0 Å². The summed E-state index contributed by atoms with van der Waals surface area (Å²) in [6.07, 6.45) is 0.571. The number of hydrogen-bond acceptors (Lipinski definition) is 3. The van der Waals surface area contributed by atoms with Gasteiger partial charge in [-0.05, 0) is 28.8 Å². The molecule has 2 N–H and O–H groups in total. The van der Waals surface area contributed by atoms with Crippen molar-refractivity contribution in [2.75, 3.05) is 6.54 Å². The summed E-state index contributed by atoms with van der Waals surface area (Å²) in [4.78, 5) is 0. The van der Waals surface area contributed by atoms with Crippen LogP contribution in [0.1, 0.15) is 18.9 Å². The molecule has 0 radical (unpaired) electrons. The van der Waals surface area contributed by atoms with E-state index < -0.39 is 0 Å². The summed E-state index contributed by atoms with van der Waals surface area (Å²) in [5.41, 5.74) is 1.32. The molecule has 1 heterocycles. The van der Waals surface area contributed by atoms with Crippen molar-refractivity contribution in [2.45, 2.75) is 26.0 Å². The van der Waals surface area contributed by atoms with Gasteiger partial charge in [0, 0.05) is 17.8 Å². The minimum absolute atomic E-state index is 0.232. The highest BCUT2D eigenvalue weighted by Crippen LogP contribution is 2.25. The predicted molar refractivity (Wildman–Crippen MR) is 69.8 cm³/mol. The van der Waals surface area contributed by atoms with Gasteiger partial charge in [0.15, 0.2) is 0 Å². The lowest BCUT2D eigenvalue weighted by Gasteiger charge is -2.08. The molecule has 2 aromatic rings. The Balaban J connectivity index is 1.99. The van der Waals surface area contributed by atoms with E-state index in [1.807, 2.05) is 6.92 Å². The number of fused-ring (bicyclic) bond motifs is 1. The second-order valence-corrected chi connectivity index (χ2v) is 4.86. The summed E-state index contributed by atoms with van der Waals surface area (Å²) in [7, 11) is 0. The highest BCUT2D eigenvalue weighted by Gasteiger charge is 2.04. The van der Waals surface area contributed by atoms with Gasteiger partial charge in [-0.3, -0.25) is 0 Å². The van der Waals surface area contributed by atoms with E-state index in [0.29, 0.717) is 6.54 Å². The van der Waals surface area contributed by atoms with Crippen molar-refractivity contribution in [3.05, 3.63) is 35.2 Å². The van der Waals surface area contributed by atoms with Gasteiger partial charge in [0.2, 0.25) is 0 Å². The fraction of sp³-hybridized carbons (Fsp3) is 0.385. The van der Waals surface area contributed by atoms with Crippen LogP contribution in [-0.2, 0) is 6.54 Å².